The van der Waals surface area contributed by atoms with Gasteiger partial charge in [-0.25, -0.2) is 8.78 Å². The van der Waals surface area contributed by atoms with E-state index in [-0.39, 0.29) is 5.69 Å². The lowest BCUT2D eigenvalue weighted by Gasteiger charge is -2.08. The van der Waals surface area contributed by atoms with Crippen LogP contribution in [0.5, 0.6) is 0 Å². The van der Waals surface area contributed by atoms with Gasteiger partial charge in [-0.1, -0.05) is 38.7 Å². The predicted molar refractivity (Wildman–Crippen MR) is 63.6 cm³/mol. The molecule has 1 aromatic carbocycles. The Morgan fingerprint density at radius 1 is 1.00 bits per heavy atom. The molecule has 0 aliphatic carbocycles. The highest BCUT2D eigenvalue weighted by Gasteiger charge is 2.06. The number of para-hydroxylation sites is 1. The Morgan fingerprint density at radius 2 is 1.62 bits per heavy atom. The van der Waals surface area contributed by atoms with Crippen molar-refractivity contribution in [3.63, 3.8) is 0 Å². The van der Waals surface area contributed by atoms with Gasteiger partial charge >= 0.3 is 0 Å². The van der Waals surface area contributed by atoms with Crippen LogP contribution in [0.25, 0.3) is 0 Å². The average Bonchev–Trinajstić information content (AvgIpc) is 2.26. The highest BCUT2D eigenvalue weighted by molar-refractivity contribution is 5.45. The minimum atomic E-state index is -0.520. The van der Waals surface area contributed by atoms with E-state index in [1.165, 1.54) is 37.5 Å². The van der Waals surface area contributed by atoms with Gasteiger partial charge < -0.3 is 5.32 Å². The molecule has 0 unspecified atom stereocenters. The summed E-state index contributed by atoms with van der Waals surface area (Å²) >= 11 is 0. The van der Waals surface area contributed by atoms with Gasteiger partial charge in [0.1, 0.15) is 17.3 Å². The van der Waals surface area contributed by atoms with Gasteiger partial charge in [0.05, 0.1) is 0 Å². The first-order valence-electron chi connectivity index (χ1n) is 5.93. The van der Waals surface area contributed by atoms with E-state index in [4.69, 9.17) is 0 Å². The van der Waals surface area contributed by atoms with Crippen molar-refractivity contribution in [3.8, 4) is 0 Å². The Balaban J connectivity index is 2.26. The largest absolute Gasteiger partial charge is 0.380 e. The normalized spacial score (nSPS) is 10.4. The van der Waals surface area contributed by atoms with Crippen LogP contribution in [0.4, 0.5) is 14.5 Å². The third-order valence-corrected chi connectivity index (χ3v) is 2.54. The SMILES string of the molecule is CCCCCCCNc1c(F)cccc1F. The van der Waals surface area contributed by atoms with E-state index < -0.39 is 11.6 Å². The van der Waals surface area contributed by atoms with Crippen LogP contribution in [-0.4, -0.2) is 6.54 Å². The molecule has 0 spiro atoms. The number of rotatable bonds is 7. The van der Waals surface area contributed by atoms with Gasteiger partial charge in [-0.3, -0.25) is 0 Å². The van der Waals surface area contributed by atoms with Crippen LogP contribution in [0.1, 0.15) is 39.0 Å². The number of anilines is 1. The maximum absolute atomic E-state index is 13.2. The maximum atomic E-state index is 13.2. The van der Waals surface area contributed by atoms with Crippen LogP contribution in [0.2, 0.25) is 0 Å². The molecule has 0 aromatic heterocycles. The zero-order valence-corrected chi connectivity index (χ0v) is 9.73. The van der Waals surface area contributed by atoms with Crippen LogP contribution in [-0.2, 0) is 0 Å². The Hall–Kier alpha value is -1.12. The van der Waals surface area contributed by atoms with Gasteiger partial charge in [-0.15, -0.1) is 0 Å². The van der Waals surface area contributed by atoms with Crippen molar-refractivity contribution in [2.75, 3.05) is 11.9 Å². The molecular formula is C13H19F2N. The van der Waals surface area contributed by atoms with Gasteiger partial charge in [-0.05, 0) is 18.6 Å². The van der Waals surface area contributed by atoms with Crippen molar-refractivity contribution in [2.24, 2.45) is 0 Å². The molecule has 1 nitrogen and oxygen atoms in total. The van der Waals surface area contributed by atoms with Gasteiger partial charge in [0.2, 0.25) is 0 Å². The molecule has 0 amide bonds. The quantitative estimate of drug-likeness (QED) is 0.683. The van der Waals surface area contributed by atoms with Crippen molar-refractivity contribution >= 4 is 5.69 Å². The van der Waals surface area contributed by atoms with E-state index in [2.05, 4.69) is 12.2 Å². The topological polar surface area (TPSA) is 12.0 Å². The summed E-state index contributed by atoms with van der Waals surface area (Å²) in [5.74, 6) is -1.04. The standard InChI is InChI=1S/C13H19F2N/c1-2-3-4-5-6-10-16-13-11(14)8-7-9-12(13)15/h7-9,16H,2-6,10H2,1H3. The third-order valence-electron chi connectivity index (χ3n) is 2.54. The van der Waals surface area contributed by atoms with Gasteiger partial charge in [0.15, 0.2) is 0 Å². The fourth-order valence-corrected chi connectivity index (χ4v) is 1.61. The maximum Gasteiger partial charge on any atom is 0.149 e. The van der Waals surface area contributed by atoms with Crippen molar-refractivity contribution in [3.05, 3.63) is 29.8 Å². The highest BCUT2D eigenvalue weighted by atomic mass is 19.1. The summed E-state index contributed by atoms with van der Waals surface area (Å²) in [6.07, 6.45) is 5.69. The molecule has 0 heterocycles. The van der Waals surface area contributed by atoms with Gasteiger partial charge in [0, 0.05) is 6.54 Å². The smallest absolute Gasteiger partial charge is 0.149 e. The van der Waals surface area contributed by atoms with Crippen LogP contribution in [0.15, 0.2) is 18.2 Å². The Kier molecular flexibility index (Phi) is 5.83. The van der Waals surface area contributed by atoms with Gasteiger partial charge in [0.25, 0.3) is 0 Å². The number of halogens is 2. The van der Waals surface area contributed by atoms with E-state index >= 15 is 0 Å². The van der Waals surface area contributed by atoms with E-state index in [0.717, 1.165) is 12.8 Å². The number of unbranched alkanes of at least 4 members (excludes halogenated alkanes) is 4. The van der Waals surface area contributed by atoms with E-state index in [0.29, 0.717) is 6.54 Å². The Bertz CT molecular complexity index is 293. The molecule has 0 radical (unpaired) electrons. The lowest BCUT2D eigenvalue weighted by Crippen LogP contribution is -2.05. The van der Waals surface area contributed by atoms with E-state index in [1.54, 1.807) is 0 Å². The van der Waals surface area contributed by atoms with Crippen molar-refractivity contribution < 1.29 is 8.78 Å². The molecule has 0 fully saturated rings. The molecule has 0 saturated heterocycles. The second kappa shape index (κ2) is 7.20. The summed E-state index contributed by atoms with van der Waals surface area (Å²) in [5, 5.41) is 2.81. The fourth-order valence-electron chi connectivity index (χ4n) is 1.61. The summed E-state index contributed by atoms with van der Waals surface area (Å²) in [4.78, 5) is 0. The molecule has 90 valence electrons. The number of hydrogen-bond acceptors (Lipinski definition) is 1. The zero-order chi connectivity index (χ0) is 11.8. The van der Waals surface area contributed by atoms with Crippen molar-refractivity contribution in [1.29, 1.82) is 0 Å². The lowest BCUT2D eigenvalue weighted by atomic mass is 10.1. The second-order valence-corrected chi connectivity index (χ2v) is 3.94. The van der Waals surface area contributed by atoms with Crippen LogP contribution in [0, 0.1) is 11.6 Å². The van der Waals surface area contributed by atoms with Crippen molar-refractivity contribution in [1.82, 2.24) is 0 Å². The van der Waals surface area contributed by atoms with Crippen molar-refractivity contribution in [2.45, 2.75) is 39.0 Å². The summed E-state index contributed by atoms with van der Waals surface area (Å²) in [6, 6.07) is 3.90. The first-order valence-corrected chi connectivity index (χ1v) is 5.93. The monoisotopic (exact) mass is 227 g/mol. The first-order chi connectivity index (χ1) is 7.75. The lowest BCUT2D eigenvalue weighted by molar-refractivity contribution is 0.585. The molecule has 0 aliphatic rings. The molecule has 0 bridgehead atoms. The minimum absolute atomic E-state index is 0.00186. The van der Waals surface area contributed by atoms with Crippen LogP contribution in [0.3, 0.4) is 0 Å². The van der Waals surface area contributed by atoms with E-state index in [1.807, 2.05) is 0 Å². The van der Waals surface area contributed by atoms with E-state index in [9.17, 15) is 8.78 Å². The fraction of sp³-hybridized carbons (Fsp3) is 0.538. The number of nitrogens with one attached hydrogen (secondary N) is 1. The highest BCUT2D eigenvalue weighted by Crippen LogP contribution is 2.17. The number of benzene rings is 1. The van der Waals surface area contributed by atoms with Crippen LogP contribution < -0.4 is 5.32 Å². The molecule has 1 rings (SSSR count). The van der Waals surface area contributed by atoms with Crippen LogP contribution >= 0.6 is 0 Å². The summed E-state index contributed by atoms with van der Waals surface area (Å²) in [6.45, 7) is 2.79. The summed E-state index contributed by atoms with van der Waals surface area (Å²) in [5.41, 5.74) is -0.00186. The Morgan fingerprint density at radius 3 is 2.25 bits per heavy atom. The average molecular weight is 227 g/mol. The molecule has 3 heteroatoms. The molecule has 0 aliphatic heterocycles. The zero-order valence-electron chi connectivity index (χ0n) is 9.73. The number of hydrogen-bond donors (Lipinski definition) is 1. The molecule has 1 aromatic rings. The molecule has 1 N–H and O–H groups in total. The molecule has 16 heavy (non-hydrogen) atoms. The van der Waals surface area contributed by atoms with Gasteiger partial charge in [-0.2, -0.15) is 0 Å². The molecule has 0 atom stereocenters. The second-order valence-electron chi connectivity index (χ2n) is 3.94. The predicted octanol–water partition coefficient (Wildman–Crippen LogP) is 4.35. The Labute approximate surface area is 95.9 Å². The minimum Gasteiger partial charge on any atom is -0.380 e. The summed E-state index contributed by atoms with van der Waals surface area (Å²) < 4.78 is 26.4. The third kappa shape index (κ3) is 4.17. The molecule has 0 saturated carbocycles. The molecular weight excluding hydrogens is 208 g/mol. The summed E-state index contributed by atoms with van der Waals surface area (Å²) in [7, 11) is 0. The first kappa shape index (κ1) is 12.9.